The largest absolute Gasteiger partial charge is 0.476 e. The SMILES string of the molecule is CN1C(=O)C(C)(C)Oc2ccc(C3(CN)CCCCC3)cc21. The molecule has 1 heterocycles. The number of amides is 1. The van der Waals surface area contributed by atoms with Crippen LogP contribution in [0.4, 0.5) is 5.69 Å². The van der Waals surface area contributed by atoms with E-state index in [1.807, 2.05) is 27.0 Å². The molecule has 1 aliphatic carbocycles. The highest BCUT2D eigenvalue weighted by Gasteiger charge is 2.40. The van der Waals surface area contributed by atoms with Gasteiger partial charge in [-0.1, -0.05) is 25.3 Å². The lowest BCUT2D eigenvalue weighted by Gasteiger charge is -2.40. The third kappa shape index (κ3) is 2.30. The summed E-state index contributed by atoms with van der Waals surface area (Å²) in [5.41, 5.74) is 7.50. The zero-order valence-corrected chi connectivity index (χ0v) is 13.8. The molecule has 2 aliphatic rings. The quantitative estimate of drug-likeness (QED) is 0.913. The van der Waals surface area contributed by atoms with Crippen LogP contribution in [0.15, 0.2) is 18.2 Å². The molecule has 0 spiro atoms. The Morgan fingerprint density at radius 2 is 1.91 bits per heavy atom. The van der Waals surface area contributed by atoms with Gasteiger partial charge in [-0.15, -0.1) is 0 Å². The van der Waals surface area contributed by atoms with Gasteiger partial charge < -0.3 is 15.4 Å². The summed E-state index contributed by atoms with van der Waals surface area (Å²) in [4.78, 5) is 14.1. The molecular formula is C18H26N2O2. The number of carbonyl (C=O) groups excluding carboxylic acids is 1. The molecule has 0 aromatic heterocycles. The van der Waals surface area contributed by atoms with Crippen molar-refractivity contribution in [2.45, 2.75) is 57.0 Å². The molecule has 1 amide bonds. The highest BCUT2D eigenvalue weighted by atomic mass is 16.5. The van der Waals surface area contributed by atoms with E-state index >= 15 is 0 Å². The normalized spacial score (nSPS) is 22.9. The Morgan fingerprint density at radius 3 is 2.55 bits per heavy atom. The summed E-state index contributed by atoms with van der Waals surface area (Å²) in [5, 5.41) is 0. The molecule has 1 aliphatic heterocycles. The molecule has 0 saturated heterocycles. The first-order valence-corrected chi connectivity index (χ1v) is 8.21. The van der Waals surface area contributed by atoms with Gasteiger partial charge >= 0.3 is 0 Å². The number of likely N-dealkylation sites (N-methyl/N-ethyl adjacent to an activating group) is 1. The molecule has 2 N–H and O–H groups in total. The third-order valence-corrected chi connectivity index (χ3v) is 5.32. The summed E-state index contributed by atoms with van der Waals surface area (Å²) < 4.78 is 5.89. The number of hydrogen-bond donors (Lipinski definition) is 1. The van der Waals surface area contributed by atoms with Gasteiger partial charge in [0.25, 0.3) is 5.91 Å². The molecule has 4 nitrogen and oxygen atoms in total. The monoisotopic (exact) mass is 302 g/mol. The molecular weight excluding hydrogens is 276 g/mol. The number of fused-ring (bicyclic) bond motifs is 1. The predicted molar refractivity (Wildman–Crippen MR) is 88.4 cm³/mol. The Hall–Kier alpha value is -1.55. The Balaban J connectivity index is 2.02. The predicted octanol–water partition coefficient (Wildman–Crippen LogP) is 2.98. The number of nitrogens with two attached hydrogens (primary N) is 1. The third-order valence-electron chi connectivity index (χ3n) is 5.32. The van der Waals surface area contributed by atoms with Gasteiger partial charge in [0.2, 0.25) is 0 Å². The highest BCUT2D eigenvalue weighted by Crippen LogP contribution is 2.44. The van der Waals surface area contributed by atoms with Crippen molar-refractivity contribution in [1.82, 2.24) is 0 Å². The molecule has 0 radical (unpaired) electrons. The van der Waals surface area contributed by atoms with Crippen LogP contribution in [0.3, 0.4) is 0 Å². The molecule has 1 saturated carbocycles. The van der Waals surface area contributed by atoms with Crippen LogP contribution in [0.2, 0.25) is 0 Å². The van der Waals surface area contributed by atoms with Crippen molar-refractivity contribution in [1.29, 1.82) is 0 Å². The van der Waals surface area contributed by atoms with Gasteiger partial charge in [0, 0.05) is 19.0 Å². The Labute approximate surface area is 132 Å². The second-order valence-electron chi connectivity index (χ2n) is 7.20. The van der Waals surface area contributed by atoms with E-state index in [0.29, 0.717) is 6.54 Å². The fraction of sp³-hybridized carbons (Fsp3) is 0.611. The van der Waals surface area contributed by atoms with Gasteiger partial charge in [0.15, 0.2) is 5.60 Å². The summed E-state index contributed by atoms with van der Waals surface area (Å²) >= 11 is 0. The van der Waals surface area contributed by atoms with Crippen molar-refractivity contribution < 1.29 is 9.53 Å². The minimum absolute atomic E-state index is 0.0115. The van der Waals surface area contributed by atoms with Crippen LogP contribution in [-0.2, 0) is 10.2 Å². The van der Waals surface area contributed by atoms with Crippen LogP contribution in [-0.4, -0.2) is 25.1 Å². The first-order valence-electron chi connectivity index (χ1n) is 8.21. The van der Waals surface area contributed by atoms with Crippen molar-refractivity contribution in [3.05, 3.63) is 23.8 Å². The van der Waals surface area contributed by atoms with Crippen molar-refractivity contribution in [3.8, 4) is 5.75 Å². The van der Waals surface area contributed by atoms with E-state index in [1.54, 1.807) is 4.90 Å². The van der Waals surface area contributed by atoms with Gasteiger partial charge in [-0.25, -0.2) is 0 Å². The van der Waals surface area contributed by atoms with Gasteiger partial charge in [-0.05, 0) is 44.4 Å². The van der Waals surface area contributed by atoms with Crippen LogP contribution < -0.4 is 15.4 Å². The first kappa shape index (κ1) is 15.3. The summed E-state index contributed by atoms with van der Waals surface area (Å²) in [6, 6.07) is 6.25. The summed E-state index contributed by atoms with van der Waals surface area (Å²) in [6.45, 7) is 4.28. The topological polar surface area (TPSA) is 55.6 Å². The average molecular weight is 302 g/mol. The van der Waals surface area contributed by atoms with Crippen molar-refractivity contribution in [3.63, 3.8) is 0 Å². The zero-order chi connectivity index (χ0) is 16.0. The maximum absolute atomic E-state index is 12.4. The summed E-state index contributed by atoms with van der Waals surface area (Å²) in [5.74, 6) is 0.765. The van der Waals surface area contributed by atoms with Crippen molar-refractivity contribution in [2.24, 2.45) is 5.73 Å². The fourth-order valence-corrected chi connectivity index (χ4v) is 3.87. The Kier molecular flexibility index (Phi) is 3.68. The molecule has 0 atom stereocenters. The number of anilines is 1. The van der Waals surface area contributed by atoms with Crippen LogP contribution in [0, 0.1) is 0 Å². The first-order chi connectivity index (χ1) is 10.4. The Bertz CT molecular complexity index is 589. The molecule has 1 fully saturated rings. The summed E-state index contributed by atoms with van der Waals surface area (Å²) in [6.07, 6.45) is 6.01. The standard InChI is InChI=1S/C18H26N2O2/c1-17(2)16(21)20(3)14-11-13(7-8-15(14)22-17)18(12-19)9-5-4-6-10-18/h7-8,11H,4-6,9-10,12,19H2,1-3H3. The Morgan fingerprint density at radius 1 is 1.23 bits per heavy atom. The molecule has 120 valence electrons. The van der Waals surface area contributed by atoms with Crippen molar-refractivity contribution in [2.75, 3.05) is 18.5 Å². The molecule has 0 bridgehead atoms. The van der Waals surface area contributed by atoms with Crippen LogP contribution in [0.1, 0.15) is 51.5 Å². The van der Waals surface area contributed by atoms with Gasteiger partial charge in [-0.2, -0.15) is 0 Å². The second-order valence-corrected chi connectivity index (χ2v) is 7.20. The van der Waals surface area contributed by atoms with E-state index in [4.69, 9.17) is 10.5 Å². The van der Waals surface area contributed by atoms with E-state index in [0.717, 1.165) is 24.3 Å². The van der Waals surface area contributed by atoms with Gasteiger partial charge in [0.1, 0.15) is 5.75 Å². The lowest BCUT2D eigenvalue weighted by molar-refractivity contribution is -0.132. The van der Waals surface area contributed by atoms with E-state index in [-0.39, 0.29) is 11.3 Å². The van der Waals surface area contributed by atoms with E-state index in [1.165, 1.54) is 24.8 Å². The number of hydrogen-bond acceptors (Lipinski definition) is 3. The highest BCUT2D eigenvalue weighted by molar-refractivity contribution is 6.02. The molecule has 22 heavy (non-hydrogen) atoms. The maximum atomic E-state index is 12.4. The van der Waals surface area contributed by atoms with Gasteiger partial charge in [-0.3, -0.25) is 4.79 Å². The minimum Gasteiger partial charge on any atom is -0.476 e. The molecule has 4 heteroatoms. The fourth-order valence-electron chi connectivity index (χ4n) is 3.87. The van der Waals surface area contributed by atoms with E-state index in [9.17, 15) is 4.79 Å². The van der Waals surface area contributed by atoms with Crippen LogP contribution >= 0.6 is 0 Å². The number of ether oxygens (including phenoxy) is 1. The minimum atomic E-state index is -0.806. The molecule has 3 rings (SSSR count). The molecule has 1 aromatic rings. The van der Waals surface area contributed by atoms with Crippen LogP contribution in [0.25, 0.3) is 0 Å². The number of carbonyl (C=O) groups is 1. The number of benzene rings is 1. The molecule has 1 aromatic carbocycles. The molecule has 0 unspecified atom stereocenters. The lowest BCUT2D eigenvalue weighted by atomic mass is 9.69. The van der Waals surface area contributed by atoms with Crippen molar-refractivity contribution >= 4 is 11.6 Å². The van der Waals surface area contributed by atoms with Crippen LogP contribution in [0.5, 0.6) is 5.75 Å². The number of nitrogens with zero attached hydrogens (tertiary/aromatic N) is 1. The average Bonchev–Trinajstić information content (AvgIpc) is 2.53. The van der Waals surface area contributed by atoms with Gasteiger partial charge in [0.05, 0.1) is 5.69 Å². The number of rotatable bonds is 2. The van der Waals surface area contributed by atoms with E-state index in [2.05, 4.69) is 12.1 Å². The lowest BCUT2D eigenvalue weighted by Crippen LogP contribution is -2.51. The maximum Gasteiger partial charge on any atom is 0.270 e. The second kappa shape index (κ2) is 5.27. The summed E-state index contributed by atoms with van der Waals surface area (Å²) in [7, 11) is 1.82. The van der Waals surface area contributed by atoms with E-state index < -0.39 is 5.60 Å². The zero-order valence-electron chi connectivity index (χ0n) is 13.8. The smallest absolute Gasteiger partial charge is 0.270 e.